The van der Waals surface area contributed by atoms with Gasteiger partial charge in [-0.05, 0) is 72.3 Å². The molecule has 1 aromatic rings. The summed E-state index contributed by atoms with van der Waals surface area (Å²) in [6.07, 6.45) is 7.56. The fraction of sp³-hybridized carbons (Fsp3) is 0.500. The van der Waals surface area contributed by atoms with Gasteiger partial charge < -0.3 is 4.74 Å². The molecule has 0 N–H and O–H groups in total. The summed E-state index contributed by atoms with van der Waals surface area (Å²) in [6, 6.07) is 6.41. The molecule has 0 radical (unpaired) electrons. The molecule has 0 saturated heterocycles. The highest BCUT2D eigenvalue weighted by atomic mass is 16.5. The Morgan fingerprint density at radius 2 is 2.10 bits per heavy atom. The Morgan fingerprint density at radius 1 is 1.20 bits per heavy atom. The number of carbonyl (C=O) groups is 1. The van der Waals surface area contributed by atoms with Gasteiger partial charge in [0.05, 0.1) is 7.11 Å². The number of benzene rings is 1. The second-order valence-electron chi connectivity index (χ2n) is 6.34. The molecule has 1 aromatic carbocycles. The van der Waals surface area contributed by atoms with Crippen LogP contribution < -0.4 is 4.74 Å². The van der Waals surface area contributed by atoms with E-state index >= 15 is 0 Å². The van der Waals surface area contributed by atoms with Gasteiger partial charge in [-0.2, -0.15) is 0 Å². The topological polar surface area (TPSA) is 26.3 Å². The van der Waals surface area contributed by atoms with Gasteiger partial charge in [-0.15, -0.1) is 0 Å². The maximum Gasteiger partial charge on any atom is 0.159 e. The summed E-state index contributed by atoms with van der Waals surface area (Å²) in [5.41, 5.74) is 3.95. The van der Waals surface area contributed by atoms with Crippen LogP contribution >= 0.6 is 0 Å². The maximum atomic E-state index is 12.4. The van der Waals surface area contributed by atoms with Crippen LogP contribution in [0.5, 0.6) is 5.75 Å². The standard InChI is InChI=1S/C18H20O2/c1-20-12-6-8-13-11(9-12)5-7-15-14-3-2-4-16(14)18(19)10-17(13)15/h4,6,8-9,14-15,17H,2-3,5,7,10H2,1H3/t14-,15-,17-/m0/s1. The van der Waals surface area contributed by atoms with Gasteiger partial charge in [0.2, 0.25) is 0 Å². The second-order valence-corrected chi connectivity index (χ2v) is 6.34. The van der Waals surface area contributed by atoms with Crippen LogP contribution in [-0.4, -0.2) is 12.9 Å². The van der Waals surface area contributed by atoms with Crippen molar-refractivity contribution < 1.29 is 9.53 Å². The number of ether oxygens (including phenoxy) is 1. The first kappa shape index (κ1) is 12.2. The number of hydrogen-bond donors (Lipinski definition) is 0. The fourth-order valence-corrected chi connectivity index (χ4v) is 4.59. The molecule has 20 heavy (non-hydrogen) atoms. The Hall–Kier alpha value is -1.57. The van der Waals surface area contributed by atoms with Crippen molar-refractivity contribution in [2.75, 3.05) is 7.11 Å². The van der Waals surface area contributed by atoms with Crippen LogP contribution in [0.1, 0.15) is 42.7 Å². The van der Waals surface area contributed by atoms with Crippen LogP contribution in [0.4, 0.5) is 0 Å². The number of ketones is 1. The van der Waals surface area contributed by atoms with E-state index in [-0.39, 0.29) is 0 Å². The molecular weight excluding hydrogens is 248 g/mol. The highest BCUT2D eigenvalue weighted by Crippen LogP contribution is 2.52. The number of carbonyl (C=O) groups excluding carboxylic acids is 1. The minimum absolute atomic E-state index is 0.400. The lowest BCUT2D eigenvalue weighted by Crippen LogP contribution is -2.35. The van der Waals surface area contributed by atoms with Crippen molar-refractivity contribution >= 4 is 5.78 Å². The number of rotatable bonds is 1. The first-order valence-corrected chi connectivity index (χ1v) is 7.68. The van der Waals surface area contributed by atoms with Crippen molar-refractivity contribution in [3.05, 3.63) is 41.0 Å². The highest BCUT2D eigenvalue weighted by molar-refractivity contribution is 5.98. The van der Waals surface area contributed by atoms with Gasteiger partial charge in [0, 0.05) is 6.42 Å². The van der Waals surface area contributed by atoms with E-state index < -0.39 is 0 Å². The summed E-state index contributed by atoms with van der Waals surface area (Å²) in [7, 11) is 1.72. The molecule has 1 saturated carbocycles. The Labute approximate surface area is 119 Å². The third-order valence-electron chi connectivity index (χ3n) is 5.50. The van der Waals surface area contributed by atoms with E-state index in [1.54, 1.807) is 7.11 Å². The molecule has 0 bridgehead atoms. The van der Waals surface area contributed by atoms with Crippen molar-refractivity contribution in [2.45, 2.75) is 38.0 Å². The van der Waals surface area contributed by atoms with Crippen molar-refractivity contribution in [1.29, 1.82) is 0 Å². The SMILES string of the molecule is COc1ccc2c(c1)CC[C@H]1[C@@H]3CCC=C3C(=O)C[C@@H]21. The molecule has 4 rings (SSSR count). The lowest BCUT2D eigenvalue weighted by molar-refractivity contribution is -0.118. The lowest BCUT2D eigenvalue weighted by Gasteiger charge is -2.41. The molecule has 104 valence electrons. The monoisotopic (exact) mass is 268 g/mol. The van der Waals surface area contributed by atoms with Gasteiger partial charge in [0.1, 0.15) is 5.75 Å². The van der Waals surface area contributed by atoms with E-state index in [1.807, 2.05) is 6.07 Å². The third-order valence-corrected chi connectivity index (χ3v) is 5.50. The van der Waals surface area contributed by atoms with Crippen LogP contribution in [0, 0.1) is 11.8 Å². The number of hydrogen-bond acceptors (Lipinski definition) is 2. The molecule has 2 heteroatoms. The first-order valence-electron chi connectivity index (χ1n) is 7.68. The van der Waals surface area contributed by atoms with E-state index in [1.165, 1.54) is 24.0 Å². The van der Waals surface area contributed by atoms with Crippen molar-refractivity contribution in [2.24, 2.45) is 11.8 Å². The van der Waals surface area contributed by atoms with Gasteiger partial charge >= 0.3 is 0 Å². The third kappa shape index (κ3) is 1.67. The first-order chi connectivity index (χ1) is 9.78. The Bertz CT molecular complexity index is 599. The summed E-state index contributed by atoms with van der Waals surface area (Å²) < 4.78 is 5.33. The van der Waals surface area contributed by atoms with E-state index in [0.29, 0.717) is 30.0 Å². The zero-order valence-corrected chi connectivity index (χ0v) is 11.9. The number of fused-ring (bicyclic) bond motifs is 5. The number of methoxy groups -OCH3 is 1. The van der Waals surface area contributed by atoms with Crippen LogP contribution in [0.3, 0.4) is 0 Å². The molecule has 1 fully saturated rings. The number of allylic oxidation sites excluding steroid dienone is 2. The predicted octanol–water partition coefficient (Wildman–Crippen LogP) is 3.65. The predicted molar refractivity (Wildman–Crippen MR) is 78.0 cm³/mol. The molecule has 0 amide bonds. The average Bonchev–Trinajstić information content (AvgIpc) is 2.97. The van der Waals surface area contributed by atoms with Crippen molar-refractivity contribution in [3.63, 3.8) is 0 Å². The zero-order valence-electron chi connectivity index (χ0n) is 11.9. The summed E-state index contributed by atoms with van der Waals surface area (Å²) >= 11 is 0. The minimum atomic E-state index is 0.400. The largest absolute Gasteiger partial charge is 0.497 e. The van der Waals surface area contributed by atoms with E-state index in [4.69, 9.17) is 4.74 Å². The Kier molecular flexibility index (Phi) is 2.73. The van der Waals surface area contributed by atoms with E-state index in [0.717, 1.165) is 24.2 Å². The highest BCUT2D eigenvalue weighted by Gasteiger charge is 2.44. The molecule has 0 spiro atoms. The van der Waals surface area contributed by atoms with Crippen molar-refractivity contribution in [1.82, 2.24) is 0 Å². The van der Waals surface area contributed by atoms with Gasteiger partial charge in [0.25, 0.3) is 0 Å². The van der Waals surface area contributed by atoms with Crippen LogP contribution in [-0.2, 0) is 11.2 Å². The van der Waals surface area contributed by atoms with Crippen LogP contribution in [0.2, 0.25) is 0 Å². The second kappa shape index (κ2) is 4.47. The Morgan fingerprint density at radius 3 is 2.95 bits per heavy atom. The normalized spacial score (nSPS) is 31.1. The smallest absolute Gasteiger partial charge is 0.159 e. The van der Waals surface area contributed by atoms with Gasteiger partial charge in [-0.1, -0.05) is 12.1 Å². The number of Topliss-reactive ketones (excluding diaryl/α,β-unsaturated/α-hetero) is 1. The van der Waals surface area contributed by atoms with E-state index in [9.17, 15) is 4.79 Å². The molecule has 2 nitrogen and oxygen atoms in total. The molecular formula is C18H20O2. The summed E-state index contributed by atoms with van der Waals surface area (Å²) in [6.45, 7) is 0. The number of aryl methyl sites for hydroxylation is 1. The summed E-state index contributed by atoms with van der Waals surface area (Å²) in [4.78, 5) is 12.4. The zero-order chi connectivity index (χ0) is 13.7. The quantitative estimate of drug-likeness (QED) is 0.777. The molecule has 0 unspecified atom stereocenters. The summed E-state index contributed by atoms with van der Waals surface area (Å²) in [5.74, 6) is 3.00. The fourth-order valence-electron chi connectivity index (χ4n) is 4.59. The molecule has 0 heterocycles. The maximum absolute atomic E-state index is 12.4. The molecule has 3 aliphatic carbocycles. The Balaban J connectivity index is 1.74. The lowest BCUT2D eigenvalue weighted by atomic mass is 9.62. The average molecular weight is 268 g/mol. The van der Waals surface area contributed by atoms with Crippen molar-refractivity contribution in [3.8, 4) is 5.75 Å². The van der Waals surface area contributed by atoms with Gasteiger partial charge in [-0.3, -0.25) is 4.79 Å². The summed E-state index contributed by atoms with van der Waals surface area (Å²) in [5, 5.41) is 0. The molecule has 3 atom stereocenters. The van der Waals surface area contributed by atoms with Gasteiger partial charge in [-0.25, -0.2) is 0 Å². The van der Waals surface area contributed by atoms with Crippen LogP contribution in [0.25, 0.3) is 0 Å². The van der Waals surface area contributed by atoms with E-state index in [2.05, 4.69) is 18.2 Å². The molecule has 0 aliphatic heterocycles. The molecule has 0 aromatic heterocycles. The molecule has 3 aliphatic rings. The van der Waals surface area contributed by atoms with Gasteiger partial charge in [0.15, 0.2) is 5.78 Å². The minimum Gasteiger partial charge on any atom is -0.497 e. The van der Waals surface area contributed by atoms with Crippen LogP contribution in [0.15, 0.2) is 29.8 Å².